The van der Waals surface area contributed by atoms with Crippen molar-refractivity contribution in [3.8, 4) is 11.3 Å². The molecular weight excluding hydrogens is 261 g/mol. The Balaban J connectivity index is 2.52. The topological polar surface area (TPSA) is 70.7 Å². The predicted molar refractivity (Wildman–Crippen MR) is 61.1 cm³/mol. The van der Waals surface area contributed by atoms with Crippen LogP contribution in [0.1, 0.15) is 12.5 Å². The van der Waals surface area contributed by atoms with Gasteiger partial charge in [-0.05, 0) is 18.2 Å². The number of alkyl halides is 3. The van der Waals surface area contributed by atoms with E-state index in [9.17, 15) is 18.0 Å². The van der Waals surface area contributed by atoms with Gasteiger partial charge in [-0.15, -0.1) is 0 Å². The summed E-state index contributed by atoms with van der Waals surface area (Å²) in [7, 11) is 0. The number of hydrogen-bond acceptors (Lipinski definition) is 3. The second-order valence-electron chi connectivity index (χ2n) is 3.83. The zero-order valence-corrected chi connectivity index (χ0v) is 9.75. The molecule has 8 heteroatoms. The van der Waals surface area contributed by atoms with E-state index in [1.165, 1.54) is 19.2 Å². The lowest BCUT2D eigenvalue weighted by Crippen LogP contribution is -2.10. The molecule has 0 saturated heterocycles. The Morgan fingerprint density at radius 1 is 1.32 bits per heavy atom. The van der Waals surface area contributed by atoms with Gasteiger partial charge in [0.2, 0.25) is 5.91 Å². The van der Waals surface area contributed by atoms with E-state index in [0.717, 1.165) is 12.1 Å². The van der Waals surface area contributed by atoms with Crippen LogP contribution in [-0.2, 0) is 11.0 Å². The van der Waals surface area contributed by atoms with Crippen LogP contribution in [-0.4, -0.2) is 21.3 Å². The lowest BCUT2D eigenvalue weighted by atomic mass is 10.1. The number of carbonyl (C=O) groups excluding carboxylic acids is 1. The zero-order valence-electron chi connectivity index (χ0n) is 9.75. The summed E-state index contributed by atoms with van der Waals surface area (Å²) in [6.45, 7) is 1.22. The minimum atomic E-state index is -4.51. The summed E-state index contributed by atoms with van der Waals surface area (Å²) in [5, 5.41) is 11.9. The normalized spacial score (nSPS) is 11.4. The fraction of sp³-hybridized carbons (Fsp3) is 0.182. The van der Waals surface area contributed by atoms with Crippen molar-refractivity contribution in [2.24, 2.45) is 0 Å². The molecule has 0 spiro atoms. The molecule has 0 atom stereocenters. The zero-order chi connectivity index (χ0) is 14.0. The van der Waals surface area contributed by atoms with E-state index in [4.69, 9.17) is 0 Å². The summed E-state index contributed by atoms with van der Waals surface area (Å²) >= 11 is 0. The van der Waals surface area contributed by atoms with Crippen LogP contribution in [0.3, 0.4) is 0 Å². The van der Waals surface area contributed by atoms with E-state index < -0.39 is 17.6 Å². The molecule has 0 fully saturated rings. The third-order valence-electron chi connectivity index (χ3n) is 2.29. The van der Waals surface area contributed by atoms with Gasteiger partial charge in [0.15, 0.2) is 0 Å². The van der Waals surface area contributed by atoms with E-state index in [1.807, 2.05) is 0 Å². The van der Waals surface area contributed by atoms with Crippen molar-refractivity contribution < 1.29 is 18.0 Å². The number of hydrogen-bond donors (Lipinski definition) is 2. The Labute approximate surface area is 105 Å². The third-order valence-corrected chi connectivity index (χ3v) is 2.29. The summed E-state index contributed by atoms with van der Waals surface area (Å²) in [6, 6.07) is 3.21. The molecule has 2 rings (SSSR count). The highest BCUT2D eigenvalue weighted by Gasteiger charge is 2.31. The van der Waals surface area contributed by atoms with E-state index in [2.05, 4.69) is 20.7 Å². The first-order valence-corrected chi connectivity index (χ1v) is 5.22. The smallest absolute Gasteiger partial charge is 0.326 e. The van der Waals surface area contributed by atoms with Crippen molar-refractivity contribution in [2.75, 3.05) is 5.32 Å². The van der Waals surface area contributed by atoms with Crippen LogP contribution in [0.4, 0.5) is 18.9 Å². The molecule has 1 amide bonds. The van der Waals surface area contributed by atoms with E-state index in [-0.39, 0.29) is 16.9 Å². The Bertz CT molecular complexity index is 592. The average molecular weight is 270 g/mol. The second kappa shape index (κ2) is 4.71. The number of halogens is 3. The van der Waals surface area contributed by atoms with E-state index >= 15 is 0 Å². The highest BCUT2D eigenvalue weighted by atomic mass is 19.4. The van der Waals surface area contributed by atoms with Gasteiger partial charge >= 0.3 is 6.18 Å². The number of carbonyl (C=O) groups is 1. The largest absolute Gasteiger partial charge is 0.416 e. The molecular formula is C11H9F3N4O. The Kier molecular flexibility index (Phi) is 3.24. The molecule has 19 heavy (non-hydrogen) atoms. The van der Waals surface area contributed by atoms with E-state index in [1.54, 1.807) is 0 Å². The fourth-order valence-corrected chi connectivity index (χ4v) is 1.56. The molecule has 2 aromatic rings. The fourth-order valence-electron chi connectivity index (χ4n) is 1.56. The van der Waals surface area contributed by atoms with Crippen molar-refractivity contribution in [3.05, 3.63) is 30.0 Å². The molecule has 1 aromatic carbocycles. The van der Waals surface area contributed by atoms with Crippen molar-refractivity contribution >= 4 is 11.6 Å². The average Bonchev–Trinajstić information content (AvgIpc) is 2.79. The van der Waals surface area contributed by atoms with Crippen LogP contribution >= 0.6 is 0 Å². The third kappa shape index (κ3) is 3.09. The van der Waals surface area contributed by atoms with Crippen LogP contribution in [0.15, 0.2) is 24.4 Å². The maximum absolute atomic E-state index is 12.8. The van der Waals surface area contributed by atoms with Gasteiger partial charge in [-0.2, -0.15) is 28.6 Å². The number of benzene rings is 1. The highest BCUT2D eigenvalue weighted by molar-refractivity contribution is 5.89. The maximum Gasteiger partial charge on any atom is 0.416 e. The number of nitrogens with one attached hydrogen (secondary N) is 2. The number of H-pyrrole nitrogens is 1. The Morgan fingerprint density at radius 2 is 2.05 bits per heavy atom. The predicted octanol–water partition coefficient (Wildman–Crippen LogP) is 2.45. The highest BCUT2D eigenvalue weighted by Crippen LogP contribution is 2.34. The first-order chi connectivity index (χ1) is 8.86. The van der Waals surface area contributed by atoms with Gasteiger partial charge in [0.25, 0.3) is 0 Å². The number of amides is 1. The first kappa shape index (κ1) is 13.1. The van der Waals surface area contributed by atoms with Crippen molar-refractivity contribution in [1.82, 2.24) is 15.4 Å². The Morgan fingerprint density at radius 3 is 2.58 bits per heavy atom. The summed E-state index contributed by atoms with van der Waals surface area (Å²) in [4.78, 5) is 10.9. The van der Waals surface area contributed by atoms with Gasteiger partial charge in [-0.3, -0.25) is 4.79 Å². The second-order valence-corrected chi connectivity index (χ2v) is 3.83. The quantitative estimate of drug-likeness (QED) is 0.880. The van der Waals surface area contributed by atoms with Crippen molar-refractivity contribution in [2.45, 2.75) is 13.1 Å². The molecule has 2 N–H and O–H groups in total. The molecule has 0 aliphatic carbocycles. The van der Waals surface area contributed by atoms with Gasteiger partial charge in [-0.25, -0.2) is 0 Å². The van der Waals surface area contributed by atoms with Crippen molar-refractivity contribution in [3.63, 3.8) is 0 Å². The summed E-state index contributed by atoms with van der Waals surface area (Å²) in [6.07, 6.45) is -3.21. The Hall–Kier alpha value is -2.38. The molecule has 0 unspecified atom stereocenters. The van der Waals surface area contributed by atoms with Crippen LogP contribution in [0.2, 0.25) is 0 Å². The molecule has 0 aliphatic rings. The van der Waals surface area contributed by atoms with Crippen LogP contribution in [0, 0.1) is 0 Å². The van der Waals surface area contributed by atoms with Crippen LogP contribution in [0.5, 0.6) is 0 Å². The maximum atomic E-state index is 12.8. The van der Waals surface area contributed by atoms with Crippen LogP contribution < -0.4 is 5.32 Å². The number of aromatic nitrogens is 3. The monoisotopic (exact) mass is 270 g/mol. The minimum absolute atomic E-state index is 0.0559. The SMILES string of the molecule is CC(=O)Nc1cc(-c2cn[nH]n2)cc(C(F)(F)F)c1. The van der Waals surface area contributed by atoms with Gasteiger partial charge in [0, 0.05) is 18.2 Å². The number of anilines is 1. The number of aromatic amines is 1. The minimum Gasteiger partial charge on any atom is -0.326 e. The van der Waals surface area contributed by atoms with Gasteiger partial charge in [0.05, 0.1) is 11.8 Å². The molecule has 0 radical (unpaired) electrons. The first-order valence-electron chi connectivity index (χ1n) is 5.22. The van der Waals surface area contributed by atoms with E-state index in [0.29, 0.717) is 0 Å². The van der Waals surface area contributed by atoms with Gasteiger partial charge in [-0.1, -0.05) is 0 Å². The van der Waals surface area contributed by atoms with Gasteiger partial charge in [0.1, 0.15) is 5.69 Å². The molecule has 0 saturated carbocycles. The van der Waals surface area contributed by atoms with Crippen molar-refractivity contribution in [1.29, 1.82) is 0 Å². The summed E-state index contributed by atoms with van der Waals surface area (Å²) < 4.78 is 38.3. The lowest BCUT2D eigenvalue weighted by Gasteiger charge is -2.11. The molecule has 1 heterocycles. The number of rotatable bonds is 2. The standard InChI is InChI=1S/C11H9F3N4O/c1-6(19)16-9-3-7(10-5-15-18-17-10)2-8(4-9)11(12,13)14/h2-5H,1H3,(H,16,19)(H,15,17,18). The molecule has 0 aliphatic heterocycles. The van der Waals surface area contributed by atoms with Crippen LogP contribution in [0.25, 0.3) is 11.3 Å². The molecule has 100 valence electrons. The molecule has 1 aromatic heterocycles. The molecule has 5 nitrogen and oxygen atoms in total. The summed E-state index contributed by atoms with van der Waals surface area (Å²) in [5.41, 5.74) is -0.331. The number of nitrogens with zero attached hydrogens (tertiary/aromatic N) is 2. The lowest BCUT2D eigenvalue weighted by molar-refractivity contribution is -0.137. The summed E-state index contributed by atoms with van der Waals surface area (Å²) in [5.74, 6) is -0.453. The van der Waals surface area contributed by atoms with Gasteiger partial charge < -0.3 is 5.32 Å². The molecule has 0 bridgehead atoms.